The number of hydrogen-bond donors (Lipinski definition) is 3. The molecule has 3 N–H and O–H groups in total. The number of aliphatic carboxylic acids is 1. The molecule has 204 valence electrons. The third-order valence-corrected chi connectivity index (χ3v) is 6.37. The highest BCUT2D eigenvalue weighted by Gasteiger charge is 2.36. The van der Waals surface area contributed by atoms with Crippen LogP contribution in [0.2, 0.25) is 0 Å². The predicted molar refractivity (Wildman–Crippen MR) is 147 cm³/mol. The third-order valence-electron chi connectivity index (χ3n) is 6.37. The van der Waals surface area contributed by atoms with Gasteiger partial charge in [0.25, 0.3) is 0 Å². The Morgan fingerprint density at radius 3 is 2.34 bits per heavy atom. The van der Waals surface area contributed by atoms with E-state index in [1.54, 1.807) is 83.5 Å². The van der Waals surface area contributed by atoms with Gasteiger partial charge < -0.3 is 20.5 Å². The van der Waals surface area contributed by atoms with E-state index in [0.29, 0.717) is 39.6 Å². The number of nitriles is 1. The zero-order valence-electron chi connectivity index (χ0n) is 21.5. The standard InChI is InChI=1S/C30H23N5O6/c31-16-22(30(40)33-18-7-3-1-4-8-18)29(39)27-23-17-41-24-12-11-19(32-25(36)13-14-26(37)38)15-21(24)28(23)35(34-27)20-9-5-2-6-10-20/h1-12,15,22H,13-14,17H2,(H,32,36)(H,33,40)(H,37,38). The molecule has 1 aliphatic rings. The molecule has 1 aliphatic heterocycles. The van der Waals surface area contributed by atoms with Gasteiger partial charge in [-0.2, -0.15) is 10.4 Å². The first-order chi connectivity index (χ1) is 19.9. The monoisotopic (exact) mass is 549 g/mol. The van der Waals surface area contributed by atoms with E-state index in [1.165, 1.54) is 0 Å². The third kappa shape index (κ3) is 5.67. The van der Waals surface area contributed by atoms with Gasteiger partial charge in [-0.05, 0) is 42.5 Å². The Morgan fingerprint density at radius 2 is 1.66 bits per heavy atom. The summed E-state index contributed by atoms with van der Waals surface area (Å²) in [6.07, 6.45) is -0.510. The summed E-state index contributed by atoms with van der Waals surface area (Å²) in [5.41, 5.74) is 2.77. The molecule has 41 heavy (non-hydrogen) atoms. The fraction of sp³-hybridized carbons (Fsp3) is 0.133. The van der Waals surface area contributed by atoms with Crippen molar-refractivity contribution >= 4 is 34.9 Å². The molecule has 5 rings (SSSR count). The number of aromatic nitrogens is 2. The maximum absolute atomic E-state index is 13.7. The molecular weight excluding hydrogens is 526 g/mol. The molecule has 1 aromatic heterocycles. The highest BCUT2D eigenvalue weighted by Crippen LogP contribution is 2.42. The number of ether oxygens (including phenoxy) is 1. The summed E-state index contributed by atoms with van der Waals surface area (Å²) >= 11 is 0. The number of carbonyl (C=O) groups is 4. The Labute approximate surface area is 234 Å². The Morgan fingerprint density at radius 1 is 0.951 bits per heavy atom. The van der Waals surface area contributed by atoms with E-state index in [9.17, 15) is 24.4 Å². The zero-order chi connectivity index (χ0) is 28.9. The first-order valence-electron chi connectivity index (χ1n) is 12.6. The molecule has 11 nitrogen and oxygen atoms in total. The maximum atomic E-state index is 13.7. The van der Waals surface area contributed by atoms with Crippen molar-refractivity contribution in [1.82, 2.24) is 9.78 Å². The molecule has 0 bridgehead atoms. The minimum absolute atomic E-state index is 0.0426. The number of rotatable bonds is 9. The van der Waals surface area contributed by atoms with Crippen molar-refractivity contribution in [3.05, 3.63) is 90.1 Å². The number of benzene rings is 3. The summed E-state index contributed by atoms with van der Waals surface area (Å²) < 4.78 is 7.46. The molecule has 4 aromatic rings. The second-order valence-electron chi connectivity index (χ2n) is 9.15. The van der Waals surface area contributed by atoms with Crippen LogP contribution >= 0.6 is 0 Å². The van der Waals surface area contributed by atoms with Crippen LogP contribution in [0.4, 0.5) is 11.4 Å². The van der Waals surface area contributed by atoms with Crippen molar-refractivity contribution in [3.8, 4) is 28.8 Å². The van der Waals surface area contributed by atoms with Crippen LogP contribution in [0.5, 0.6) is 5.75 Å². The summed E-state index contributed by atoms with van der Waals surface area (Å²) in [4.78, 5) is 49.7. The van der Waals surface area contributed by atoms with Gasteiger partial charge in [-0.1, -0.05) is 36.4 Å². The van der Waals surface area contributed by atoms with Gasteiger partial charge >= 0.3 is 5.97 Å². The molecule has 1 unspecified atom stereocenters. The van der Waals surface area contributed by atoms with E-state index in [1.807, 2.05) is 6.07 Å². The van der Waals surface area contributed by atoms with Crippen LogP contribution in [0.15, 0.2) is 78.9 Å². The van der Waals surface area contributed by atoms with Gasteiger partial charge in [-0.3, -0.25) is 19.2 Å². The topological polar surface area (TPSA) is 163 Å². The van der Waals surface area contributed by atoms with E-state index >= 15 is 0 Å². The summed E-state index contributed by atoms with van der Waals surface area (Å²) in [6.45, 7) is -0.0426. The molecule has 2 amide bonds. The van der Waals surface area contributed by atoms with Gasteiger partial charge in [-0.25, -0.2) is 4.68 Å². The van der Waals surface area contributed by atoms with Crippen molar-refractivity contribution in [2.45, 2.75) is 19.4 Å². The Hall–Kier alpha value is -5.76. The molecule has 0 saturated carbocycles. The summed E-state index contributed by atoms with van der Waals surface area (Å²) in [5, 5.41) is 28.5. The van der Waals surface area contributed by atoms with E-state index in [2.05, 4.69) is 15.7 Å². The molecule has 0 spiro atoms. The van der Waals surface area contributed by atoms with Gasteiger partial charge in [0.05, 0.1) is 23.9 Å². The summed E-state index contributed by atoms with van der Waals surface area (Å²) in [6, 6.07) is 24.2. The second kappa shape index (κ2) is 11.5. The van der Waals surface area contributed by atoms with Gasteiger partial charge in [0.1, 0.15) is 18.1 Å². The Kier molecular flexibility index (Phi) is 7.56. The molecule has 0 fully saturated rings. The molecule has 1 atom stereocenters. The minimum Gasteiger partial charge on any atom is -0.488 e. The predicted octanol–water partition coefficient (Wildman–Crippen LogP) is 4.20. The molecule has 2 heterocycles. The summed E-state index contributed by atoms with van der Waals surface area (Å²) in [7, 11) is 0. The highest BCUT2D eigenvalue weighted by atomic mass is 16.5. The smallest absolute Gasteiger partial charge is 0.303 e. The first-order valence-corrected chi connectivity index (χ1v) is 12.6. The van der Waals surface area contributed by atoms with Crippen molar-refractivity contribution in [3.63, 3.8) is 0 Å². The lowest BCUT2D eigenvalue weighted by molar-refractivity contribution is -0.138. The van der Waals surface area contributed by atoms with Gasteiger partial charge in [0.2, 0.25) is 17.6 Å². The summed E-state index contributed by atoms with van der Waals surface area (Å²) in [5.74, 6) is -4.32. The number of carboxylic acids is 1. The number of hydrogen-bond acceptors (Lipinski definition) is 7. The van der Waals surface area contributed by atoms with Crippen LogP contribution in [0.25, 0.3) is 16.9 Å². The zero-order valence-corrected chi connectivity index (χ0v) is 21.5. The SMILES string of the molecule is N#CC(C(=O)Nc1ccccc1)C(=O)c1nn(-c2ccccc2)c2c1COc1ccc(NC(=O)CCC(=O)O)cc1-2. The van der Waals surface area contributed by atoms with Gasteiger partial charge in [-0.15, -0.1) is 0 Å². The molecule has 11 heteroatoms. The van der Waals surface area contributed by atoms with Crippen LogP contribution in [-0.4, -0.2) is 38.5 Å². The molecular formula is C30H23N5O6. The van der Waals surface area contributed by atoms with Gasteiger partial charge in [0, 0.05) is 28.9 Å². The number of nitrogens with one attached hydrogen (secondary N) is 2. The van der Waals surface area contributed by atoms with Crippen LogP contribution in [0, 0.1) is 17.2 Å². The lowest BCUT2D eigenvalue weighted by Crippen LogP contribution is -2.29. The fourth-order valence-corrected chi connectivity index (χ4v) is 4.44. The molecule has 0 saturated heterocycles. The molecule has 3 aromatic carbocycles. The Balaban J connectivity index is 1.55. The highest BCUT2D eigenvalue weighted by molar-refractivity contribution is 6.16. The van der Waals surface area contributed by atoms with Crippen LogP contribution < -0.4 is 15.4 Å². The average molecular weight is 550 g/mol. The number of ketones is 1. The van der Waals surface area contributed by atoms with Crippen molar-refractivity contribution in [2.24, 2.45) is 5.92 Å². The van der Waals surface area contributed by atoms with E-state index in [-0.39, 0.29) is 25.1 Å². The lowest BCUT2D eigenvalue weighted by Gasteiger charge is -2.21. The van der Waals surface area contributed by atoms with Crippen LogP contribution in [0.1, 0.15) is 28.9 Å². The van der Waals surface area contributed by atoms with Crippen molar-refractivity contribution < 1.29 is 29.0 Å². The van der Waals surface area contributed by atoms with Crippen LogP contribution in [0.3, 0.4) is 0 Å². The number of amides is 2. The second-order valence-corrected chi connectivity index (χ2v) is 9.15. The molecule has 0 radical (unpaired) electrons. The number of fused-ring (bicyclic) bond motifs is 3. The van der Waals surface area contributed by atoms with Crippen LogP contribution in [-0.2, 0) is 21.0 Å². The number of carbonyl (C=O) groups excluding carboxylic acids is 3. The maximum Gasteiger partial charge on any atom is 0.303 e. The number of carboxylic acid groups (broad SMARTS) is 1. The largest absolute Gasteiger partial charge is 0.488 e. The van der Waals surface area contributed by atoms with E-state index < -0.39 is 29.5 Å². The quantitative estimate of drug-likeness (QED) is 0.207. The van der Waals surface area contributed by atoms with Crippen molar-refractivity contribution in [1.29, 1.82) is 5.26 Å². The minimum atomic E-state index is -1.67. The lowest BCUT2D eigenvalue weighted by atomic mass is 9.95. The number of anilines is 2. The van der Waals surface area contributed by atoms with E-state index in [0.717, 1.165) is 0 Å². The van der Waals surface area contributed by atoms with E-state index in [4.69, 9.17) is 9.84 Å². The average Bonchev–Trinajstić information content (AvgIpc) is 3.38. The number of nitrogens with zero attached hydrogens (tertiary/aromatic N) is 3. The van der Waals surface area contributed by atoms with Gasteiger partial charge in [0.15, 0.2) is 5.92 Å². The Bertz CT molecular complexity index is 1690. The fourth-order valence-electron chi connectivity index (χ4n) is 4.44. The van der Waals surface area contributed by atoms with Crippen molar-refractivity contribution in [2.75, 3.05) is 10.6 Å². The number of Topliss-reactive ketones (excluding diaryl/α,β-unsaturated/α-hetero) is 1. The number of para-hydroxylation sites is 2. The normalized spacial score (nSPS) is 12.1. The molecule has 0 aliphatic carbocycles. The first kappa shape index (κ1) is 26.8.